The van der Waals surface area contributed by atoms with Gasteiger partial charge < -0.3 is 5.32 Å². The number of rotatable bonds is 2. The smallest absolute Gasteiger partial charge is 0.151 e. The predicted molar refractivity (Wildman–Crippen MR) is 81.5 cm³/mol. The molecule has 0 radical (unpaired) electrons. The Morgan fingerprint density at radius 2 is 1.95 bits per heavy atom. The molecular formula is C17H19F2N3. The van der Waals surface area contributed by atoms with Crippen LogP contribution in [0.3, 0.4) is 0 Å². The van der Waals surface area contributed by atoms with Gasteiger partial charge in [-0.15, -0.1) is 0 Å². The van der Waals surface area contributed by atoms with E-state index in [0.29, 0.717) is 11.6 Å². The second-order valence-corrected chi connectivity index (χ2v) is 6.23. The van der Waals surface area contributed by atoms with Crippen LogP contribution in [0.15, 0.2) is 18.2 Å². The van der Waals surface area contributed by atoms with Gasteiger partial charge in [0.15, 0.2) is 5.82 Å². The third kappa shape index (κ3) is 2.19. The number of aromatic nitrogens is 2. The van der Waals surface area contributed by atoms with Gasteiger partial charge in [0.05, 0.1) is 5.69 Å². The van der Waals surface area contributed by atoms with E-state index in [0.717, 1.165) is 43.4 Å². The fourth-order valence-corrected chi connectivity index (χ4v) is 3.73. The molecule has 116 valence electrons. The van der Waals surface area contributed by atoms with Crippen molar-refractivity contribution in [2.45, 2.75) is 44.4 Å². The summed E-state index contributed by atoms with van der Waals surface area (Å²) >= 11 is 0. The van der Waals surface area contributed by atoms with E-state index in [1.165, 1.54) is 37.0 Å². The van der Waals surface area contributed by atoms with E-state index >= 15 is 0 Å². The van der Waals surface area contributed by atoms with Crippen LogP contribution in [0.2, 0.25) is 0 Å². The molecule has 2 aromatic rings. The van der Waals surface area contributed by atoms with Crippen LogP contribution in [-0.2, 0) is 6.42 Å². The lowest BCUT2D eigenvalue weighted by Gasteiger charge is -2.20. The van der Waals surface area contributed by atoms with Gasteiger partial charge in [-0.05, 0) is 31.4 Å². The van der Waals surface area contributed by atoms with Gasteiger partial charge >= 0.3 is 0 Å². The van der Waals surface area contributed by atoms with Crippen LogP contribution < -0.4 is 5.32 Å². The first-order valence-corrected chi connectivity index (χ1v) is 8.05. The van der Waals surface area contributed by atoms with Crippen molar-refractivity contribution in [1.82, 2.24) is 9.78 Å². The molecule has 5 heteroatoms. The second kappa shape index (κ2) is 5.38. The van der Waals surface area contributed by atoms with Gasteiger partial charge in [-0.3, -0.25) is 0 Å². The average Bonchev–Trinajstić information content (AvgIpc) is 3.11. The maximum atomic E-state index is 14.1. The molecule has 3 nitrogen and oxygen atoms in total. The lowest BCUT2D eigenvalue weighted by atomic mass is 9.85. The van der Waals surface area contributed by atoms with Crippen LogP contribution in [0.4, 0.5) is 14.6 Å². The van der Waals surface area contributed by atoms with Crippen LogP contribution in [0.25, 0.3) is 5.69 Å². The Balaban J connectivity index is 1.80. The molecule has 0 atom stereocenters. The number of nitrogens with one attached hydrogen (secondary N) is 1. The van der Waals surface area contributed by atoms with Gasteiger partial charge in [0.25, 0.3) is 0 Å². The summed E-state index contributed by atoms with van der Waals surface area (Å²) in [6.45, 7) is 0.857. The number of hydrogen-bond acceptors (Lipinski definition) is 2. The predicted octanol–water partition coefficient (Wildman–Crippen LogP) is 4.17. The molecule has 1 N–H and O–H groups in total. The number of hydrogen-bond donors (Lipinski definition) is 1. The van der Waals surface area contributed by atoms with E-state index in [4.69, 9.17) is 5.10 Å². The van der Waals surface area contributed by atoms with E-state index in [1.807, 2.05) is 0 Å². The third-order valence-electron chi connectivity index (χ3n) is 4.81. The Labute approximate surface area is 128 Å². The SMILES string of the molecule is Fc1ccc(-n2nc(C3CCCCC3)c3c2NCC3)c(F)c1. The van der Waals surface area contributed by atoms with Crippen molar-refractivity contribution in [2.24, 2.45) is 0 Å². The maximum Gasteiger partial charge on any atom is 0.151 e. The first-order chi connectivity index (χ1) is 10.7. The quantitative estimate of drug-likeness (QED) is 0.902. The Kier molecular flexibility index (Phi) is 3.36. The number of anilines is 1. The largest absolute Gasteiger partial charge is 0.369 e. The summed E-state index contributed by atoms with van der Waals surface area (Å²) in [5.41, 5.74) is 2.65. The Morgan fingerprint density at radius 1 is 1.14 bits per heavy atom. The summed E-state index contributed by atoms with van der Waals surface area (Å²) in [6.07, 6.45) is 7.04. The molecule has 0 unspecified atom stereocenters. The van der Waals surface area contributed by atoms with Gasteiger partial charge in [-0.25, -0.2) is 13.5 Å². The molecular weight excluding hydrogens is 284 g/mol. The van der Waals surface area contributed by atoms with Gasteiger partial charge in [0, 0.05) is 24.1 Å². The van der Waals surface area contributed by atoms with Crippen LogP contribution in [0.5, 0.6) is 0 Å². The highest BCUT2D eigenvalue weighted by Gasteiger charge is 2.29. The van der Waals surface area contributed by atoms with E-state index < -0.39 is 11.6 Å². The summed E-state index contributed by atoms with van der Waals surface area (Å²) in [6, 6.07) is 3.66. The molecule has 2 heterocycles. The first-order valence-electron chi connectivity index (χ1n) is 8.05. The molecule has 0 bridgehead atoms. The molecule has 0 saturated heterocycles. The molecule has 1 aliphatic heterocycles. The topological polar surface area (TPSA) is 29.9 Å². The van der Waals surface area contributed by atoms with Crippen molar-refractivity contribution in [3.8, 4) is 5.69 Å². The zero-order valence-electron chi connectivity index (χ0n) is 12.4. The minimum absolute atomic E-state index is 0.314. The van der Waals surface area contributed by atoms with E-state index in [2.05, 4.69) is 5.32 Å². The lowest BCUT2D eigenvalue weighted by molar-refractivity contribution is 0.432. The monoisotopic (exact) mass is 303 g/mol. The minimum atomic E-state index is -0.575. The molecule has 0 amide bonds. The summed E-state index contributed by atoms with van der Waals surface area (Å²) in [4.78, 5) is 0. The average molecular weight is 303 g/mol. The van der Waals surface area contributed by atoms with E-state index in [9.17, 15) is 8.78 Å². The van der Waals surface area contributed by atoms with Crippen LogP contribution in [0, 0.1) is 11.6 Å². The fraction of sp³-hybridized carbons (Fsp3) is 0.471. The Morgan fingerprint density at radius 3 is 2.73 bits per heavy atom. The minimum Gasteiger partial charge on any atom is -0.369 e. The van der Waals surface area contributed by atoms with Gasteiger partial charge in [0.1, 0.15) is 17.3 Å². The zero-order chi connectivity index (χ0) is 15.1. The van der Waals surface area contributed by atoms with Crippen molar-refractivity contribution in [3.05, 3.63) is 41.1 Å². The molecule has 22 heavy (non-hydrogen) atoms. The molecule has 4 rings (SSSR count). The van der Waals surface area contributed by atoms with Crippen LogP contribution in [-0.4, -0.2) is 16.3 Å². The standard InChI is InChI=1S/C17H19F2N3/c18-12-6-7-15(14(19)10-12)22-17-13(8-9-20-17)16(21-22)11-4-2-1-3-5-11/h6-7,10-11,20H,1-5,8-9H2. The van der Waals surface area contributed by atoms with Crippen molar-refractivity contribution in [3.63, 3.8) is 0 Å². The van der Waals surface area contributed by atoms with Crippen molar-refractivity contribution in [1.29, 1.82) is 0 Å². The summed E-state index contributed by atoms with van der Waals surface area (Å²) < 4.78 is 28.9. The first kappa shape index (κ1) is 13.7. The normalized spacial score (nSPS) is 18.3. The number of benzene rings is 1. The molecule has 1 fully saturated rings. The number of nitrogens with zero attached hydrogens (tertiary/aromatic N) is 2. The molecule has 1 aromatic carbocycles. The molecule has 1 aromatic heterocycles. The van der Waals surface area contributed by atoms with Gasteiger partial charge in [-0.2, -0.15) is 5.10 Å². The summed E-state index contributed by atoms with van der Waals surface area (Å²) in [5.74, 6) is 0.220. The fourth-order valence-electron chi connectivity index (χ4n) is 3.73. The number of fused-ring (bicyclic) bond motifs is 1. The Hall–Kier alpha value is -1.91. The highest BCUT2D eigenvalue weighted by Crippen LogP contribution is 2.39. The van der Waals surface area contributed by atoms with Crippen LogP contribution in [0.1, 0.15) is 49.3 Å². The highest BCUT2D eigenvalue weighted by molar-refractivity contribution is 5.58. The Bertz CT molecular complexity index is 702. The molecule has 1 saturated carbocycles. The van der Waals surface area contributed by atoms with Gasteiger partial charge in [0.2, 0.25) is 0 Å². The second-order valence-electron chi connectivity index (χ2n) is 6.23. The van der Waals surface area contributed by atoms with Crippen molar-refractivity contribution < 1.29 is 8.78 Å². The molecule has 1 aliphatic carbocycles. The summed E-state index contributed by atoms with van der Waals surface area (Å²) in [7, 11) is 0. The zero-order valence-corrected chi connectivity index (χ0v) is 12.4. The van der Waals surface area contributed by atoms with E-state index in [-0.39, 0.29) is 0 Å². The van der Waals surface area contributed by atoms with Crippen LogP contribution >= 0.6 is 0 Å². The van der Waals surface area contributed by atoms with E-state index in [1.54, 1.807) is 4.68 Å². The molecule has 0 spiro atoms. The maximum absolute atomic E-state index is 14.1. The summed E-state index contributed by atoms with van der Waals surface area (Å²) in [5, 5.41) is 8.02. The molecule has 2 aliphatic rings. The van der Waals surface area contributed by atoms with Crippen molar-refractivity contribution in [2.75, 3.05) is 11.9 Å². The lowest BCUT2D eigenvalue weighted by Crippen LogP contribution is -2.10. The van der Waals surface area contributed by atoms with Crippen molar-refractivity contribution >= 4 is 5.82 Å². The highest BCUT2D eigenvalue weighted by atomic mass is 19.1. The number of halogens is 2. The third-order valence-corrected chi connectivity index (χ3v) is 4.81. The van der Waals surface area contributed by atoms with Gasteiger partial charge in [-0.1, -0.05) is 19.3 Å².